The Bertz CT molecular complexity index is 971. The van der Waals surface area contributed by atoms with Crippen LogP contribution in [-0.2, 0) is 20.9 Å². The van der Waals surface area contributed by atoms with Crippen molar-refractivity contribution in [1.82, 2.24) is 20.2 Å². The summed E-state index contributed by atoms with van der Waals surface area (Å²) in [5, 5.41) is 14.1. The van der Waals surface area contributed by atoms with Crippen molar-refractivity contribution in [2.45, 2.75) is 12.5 Å². The van der Waals surface area contributed by atoms with Crippen LogP contribution in [0.2, 0.25) is 0 Å². The zero-order valence-electron chi connectivity index (χ0n) is 14.3. The molecule has 1 aromatic heterocycles. The van der Waals surface area contributed by atoms with Gasteiger partial charge in [0.25, 0.3) is 5.95 Å². The summed E-state index contributed by atoms with van der Waals surface area (Å²) in [6, 6.07) is 14.7. The van der Waals surface area contributed by atoms with Crippen LogP contribution in [0.15, 0.2) is 48.5 Å². The van der Waals surface area contributed by atoms with Gasteiger partial charge >= 0.3 is 5.97 Å². The number of nitrogens with zero attached hydrogens (tertiary/aromatic N) is 4. The summed E-state index contributed by atoms with van der Waals surface area (Å²) in [4.78, 5) is 25.3. The van der Waals surface area contributed by atoms with E-state index < -0.39 is 11.9 Å². The van der Waals surface area contributed by atoms with E-state index in [4.69, 9.17) is 4.74 Å². The van der Waals surface area contributed by atoms with Crippen LogP contribution >= 0.6 is 0 Å². The van der Waals surface area contributed by atoms with E-state index in [2.05, 4.69) is 25.5 Å². The first-order chi connectivity index (χ1) is 13.2. The van der Waals surface area contributed by atoms with Crippen LogP contribution in [0, 0.1) is 0 Å². The fourth-order valence-corrected chi connectivity index (χ4v) is 2.92. The zero-order chi connectivity index (χ0) is 18.8. The molecule has 1 amide bonds. The van der Waals surface area contributed by atoms with Crippen molar-refractivity contribution in [3.05, 3.63) is 59.7 Å². The third kappa shape index (κ3) is 3.22. The third-order valence-corrected chi connectivity index (χ3v) is 4.13. The van der Waals surface area contributed by atoms with Gasteiger partial charge in [0.05, 0.1) is 13.0 Å². The predicted molar refractivity (Wildman–Crippen MR) is 93.3 cm³/mol. The molecule has 3 aromatic rings. The minimum absolute atomic E-state index is 0.00496. The molecule has 2 heterocycles. The number of benzene rings is 2. The van der Waals surface area contributed by atoms with Gasteiger partial charge in [-0.2, -0.15) is 4.80 Å². The number of fused-ring (bicyclic) bond motifs is 2. The van der Waals surface area contributed by atoms with Gasteiger partial charge in [0.2, 0.25) is 5.91 Å². The summed E-state index contributed by atoms with van der Waals surface area (Å²) in [6.07, 6.45) is 0. The van der Waals surface area contributed by atoms with E-state index in [1.54, 1.807) is 0 Å². The number of carbonyl (C=O) groups is 2. The molecule has 2 aromatic carbocycles. The van der Waals surface area contributed by atoms with Crippen LogP contribution in [0.25, 0.3) is 0 Å². The molecule has 9 nitrogen and oxygen atoms in total. The molecular formula is C18H15N5O4. The maximum absolute atomic E-state index is 13.0. The molecule has 1 aliphatic heterocycles. The molecule has 0 aliphatic carbocycles. The van der Waals surface area contributed by atoms with Gasteiger partial charge in [-0.25, -0.2) is 4.79 Å². The summed E-state index contributed by atoms with van der Waals surface area (Å²) in [5.74, 6) is -0.172. The average molecular weight is 365 g/mol. The topological polar surface area (TPSA) is 108 Å². The molecular weight excluding hydrogens is 350 g/mol. The summed E-state index contributed by atoms with van der Waals surface area (Å²) in [6.45, 7) is -0.192. The van der Waals surface area contributed by atoms with Crippen LogP contribution in [-0.4, -0.2) is 39.2 Å². The second-order valence-corrected chi connectivity index (χ2v) is 5.82. The number of nitrogens with one attached hydrogen (secondary N) is 1. The van der Waals surface area contributed by atoms with Gasteiger partial charge in [-0.1, -0.05) is 41.5 Å². The highest BCUT2D eigenvalue weighted by Crippen LogP contribution is 2.44. The summed E-state index contributed by atoms with van der Waals surface area (Å²) < 4.78 is 10.4. The fourth-order valence-electron chi connectivity index (χ4n) is 2.92. The van der Waals surface area contributed by atoms with Gasteiger partial charge in [-0.3, -0.25) is 10.1 Å². The van der Waals surface area contributed by atoms with Gasteiger partial charge < -0.3 is 9.47 Å². The standard InChI is InChI=1S/C18H15N5O4/c1-26-15(24)10-23-21-18(20-22-23)19-17(25)16-11-6-2-4-8-13(11)27-14-9-5-3-7-12(14)16/h2-9,16H,10H2,1H3,(H,19,21,25). The molecule has 0 unspecified atom stereocenters. The highest BCUT2D eigenvalue weighted by molar-refractivity contribution is 5.98. The molecule has 1 aliphatic rings. The number of aromatic nitrogens is 4. The number of esters is 1. The lowest BCUT2D eigenvalue weighted by Crippen LogP contribution is -2.25. The Morgan fingerprint density at radius 2 is 1.74 bits per heavy atom. The Morgan fingerprint density at radius 3 is 2.37 bits per heavy atom. The molecule has 0 bridgehead atoms. The van der Waals surface area contributed by atoms with Gasteiger partial charge in [-0.05, 0) is 17.3 Å². The molecule has 0 atom stereocenters. The monoisotopic (exact) mass is 365 g/mol. The molecule has 0 spiro atoms. The van der Waals surface area contributed by atoms with E-state index in [9.17, 15) is 9.59 Å². The lowest BCUT2D eigenvalue weighted by Gasteiger charge is -2.26. The van der Waals surface area contributed by atoms with Crippen LogP contribution in [0.3, 0.4) is 0 Å². The van der Waals surface area contributed by atoms with Crippen molar-refractivity contribution in [2.24, 2.45) is 0 Å². The van der Waals surface area contributed by atoms with Crippen LogP contribution in [0.4, 0.5) is 5.95 Å². The van der Waals surface area contributed by atoms with Gasteiger partial charge in [-0.15, -0.1) is 5.10 Å². The molecule has 136 valence electrons. The lowest BCUT2D eigenvalue weighted by atomic mass is 9.87. The highest BCUT2D eigenvalue weighted by Gasteiger charge is 2.33. The average Bonchev–Trinajstić information content (AvgIpc) is 3.12. The largest absolute Gasteiger partial charge is 0.468 e. The Hall–Kier alpha value is -3.75. The molecule has 0 fully saturated rings. The van der Waals surface area contributed by atoms with Crippen LogP contribution in [0.5, 0.6) is 11.5 Å². The first-order valence-corrected chi connectivity index (χ1v) is 8.17. The van der Waals surface area contributed by atoms with Crippen molar-refractivity contribution in [3.63, 3.8) is 0 Å². The third-order valence-electron chi connectivity index (χ3n) is 4.13. The van der Waals surface area contributed by atoms with E-state index in [1.165, 1.54) is 7.11 Å². The normalized spacial score (nSPS) is 12.5. The smallest absolute Gasteiger partial charge is 0.329 e. The fraction of sp³-hybridized carbons (Fsp3) is 0.167. The first kappa shape index (κ1) is 16.7. The van der Waals surface area contributed by atoms with Gasteiger partial charge in [0.1, 0.15) is 11.5 Å². The van der Waals surface area contributed by atoms with Crippen molar-refractivity contribution in [3.8, 4) is 11.5 Å². The second kappa shape index (κ2) is 6.87. The van der Waals surface area contributed by atoms with Crippen molar-refractivity contribution in [1.29, 1.82) is 0 Å². The van der Waals surface area contributed by atoms with E-state index in [1.807, 2.05) is 48.5 Å². The number of hydrogen-bond donors (Lipinski definition) is 1. The number of methoxy groups -OCH3 is 1. The minimum atomic E-state index is -0.585. The van der Waals surface area contributed by atoms with Crippen molar-refractivity contribution in [2.75, 3.05) is 12.4 Å². The molecule has 0 saturated carbocycles. The number of para-hydroxylation sites is 2. The number of amides is 1. The zero-order valence-corrected chi connectivity index (χ0v) is 14.3. The summed E-state index contributed by atoms with van der Waals surface area (Å²) in [7, 11) is 1.27. The predicted octanol–water partition coefficient (Wildman–Crippen LogP) is 1.72. The number of ether oxygens (including phenoxy) is 2. The SMILES string of the molecule is COC(=O)Cn1nnc(NC(=O)C2c3ccccc3Oc3ccccc32)n1. The lowest BCUT2D eigenvalue weighted by molar-refractivity contribution is -0.141. The Labute approximate surface area is 153 Å². The number of rotatable bonds is 4. The Kier molecular flexibility index (Phi) is 4.25. The van der Waals surface area contributed by atoms with E-state index >= 15 is 0 Å². The highest BCUT2D eigenvalue weighted by atomic mass is 16.5. The molecule has 1 N–H and O–H groups in total. The van der Waals surface area contributed by atoms with Gasteiger partial charge in [0, 0.05) is 11.1 Å². The molecule has 0 radical (unpaired) electrons. The number of hydrogen-bond acceptors (Lipinski definition) is 7. The molecule has 4 rings (SSSR count). The first-order valence-electron chi connectivity index (χ1n) is 8.17. The number of anilines is 1. The van der Waals surface area contributed by atoms with E-state index in [0.717, 1.165) is 15.9 Å². The summed E-state index contributed by atoms with van der Waals surface area (Å²) in [5.41, 5.74) is 1.49. The van der Waals surface area contributed by atoms with Crippen LogP contribution in [0.1, 0.15) is 17.0 Å². The van der Waals surface area contributed by atoms with Gasteiger partial charge in [0.15, 0.2) is 6.54 Å². The molecule has 27 heavy (non-hydrogen) atoms. The summed E-state index contributed by atoms with van der Waals surface area (Å²) >= 11 is 0. The maximum atomic E-state index is 13.0. The molecule has 0 saturated heterocycles. The van der Waals surface area contributed by atoms with Crippen molar-refractivity contribution >= 4 is 17.8 Å². The Morgan fingerprint density at radius 1 is 1.11 bits per heavy atom. The minimum Gasteiger partial charge on any atom is -0.468 e. The van der Waals surface area contributed by atoms with Crippen molar-refractivity contribution < 1.29 is 19.1 Å². The number of carbonyl (C=O) groups excluding carboxylic acids is 2. The molecule has 9 heteroatoms. The maximum Gasteiger partial charge on any atom is 0.329 e. The van der Waals surface area contributed by atoms with Crippen LogP contribution < -0.4 is 10.1 Å². The number of tetrazole rings is 1. The van der Waals surface area contributed by atoms with E-state index in [-0.39, 0.29) is 18.4 Å². The second-order valence-electron chi connectivity index (χ2n) is 5.82. The Balaban J connectivity index is 1.62. The quantitative estimate of drug-likeness (QED) is 0.701. The van der Waals surface area contributed by atoms with E-state index in [0.29, 0.717) is 11.5 Å².